The molecule has 3 aliphatic rings. The van der Waals surface area contributed by atoms with E-state index in [1.54, 1.807) is 6.20 Å². The maximum absolute atomic E-state index is 11.9. The minimum atomic E-state index is -0.786. The van der Waals surface area contributed by atoms with Gasteiger partial charge in [-0.1, -0.05) is 43.7 Å². The van der Waals surface area contributed by atoms with Crippen LogP contribution in [0.5, 0.6) is 0 Å². The lowest BCUT2D eigenvalue weighted by molar-refractivity contribution is -0.142. The van der Waals surface area contributed by atoms with E-state index in [1.807, 2.05) is 6.08 Å². The number of aliphatic carboxylic acids is 1. The zero-order valence-electron chi connectivity index (χ0n) is 19.9. The van der Waals surface area contributed by atoms with Gasteiger partial charge in [-0.15, -0.1) is 0 Å². The summed E-state index contributed by atoms with van der Waals surface area (Å²) in [6, 6.07) is 6.23. The van der Waals surface area contributed by atoms with Crippen LogP contribution in [0.3, 0.4) is 0 Å². The molecule has 2 aliphatic carbocycles. The van der Waals surface area contributed by atoms with E-state index in [1.165, 1.54) is 17.7 Å². The molecule has 1 aromatic heterocycles. The highest BCUT2D eigenvalue weighted by molar-refractivity contribution is 6.32. The Kier molecular flexibility index (Phi) is 5.92. The number of fused-ring (bicyclic) bond motifs is 3. The van der Waals surface area contributed by atoms with E-state index in [2.05, 4.69) is 70.5 Å². The van der Waals surface area contributed by atoms with E-state index in [0.717, 1.165) is 31.6 Å². The van der Waals surface area contributed by atoms with Crippen molar-refractivity contribution in [1.29, 1.82) is 0 Å². The third-order valence-corrected chi connectivity index (χ3v) is 8.00. The van der Waals surface area contributed by atoms with Crippen LogP contribution in [-0.2, 0) is 10.2 Å². The van der Waals surface area contributed by atoms with Gasteiger partial charge in [0.15, 0.2) is 5.82 Å². The van der Waals surface area contributed by atoms with Gasteiger partial charge in [0.2, 0.25) is 5.95 Å². The summed E-state index contributed by atoms with van der Waals surface area (Å²) in [4.78, 5) is 23.3. The number of halogens is 1. The number of anilines is 4. The van der Waals surface area contributed by atoms with Gasteiger partial charge in [0.05, 0.1) is 12.1 Å². The second kappa shape index (κ2) is 8.77. The summed E-state index contributed by atoms with van der Waals surface area (Å²) in [5.74, 6) is -0.155. The molecule has 8 heteroatoms. The number of nitrogens with one attached hydrogen (secondary N) is 2. The lowest BCUT2D eigenvalue weighted by atomic mass is 9.80. The Bertz CT molecular complexity index is 1130. The molecule has 1 aliphatic heterocycles. The summed E-state index contributed by atoms with van der Waals surface area (Å²) in [6.45, 7) is 8.82. The molecule has 7 nitrogen and oxygen atoms in total. The van der Waals surface area contributed by atoms with Crippen LogP contribution < -0.4 is 15.5 Å². The Hall–Kier alpha value is -2.80. The van der Waals surface area contributed by atoms with Gasteiger partial charge in [-0.25, -0.2) is 4.98 Å². The van der Waals surface area contributed by atoms with Crippen LogP contribution in [-0.4, -0.2) is 40.2 Å². The molecule has 0 spiro atoms. The van der Waals surface area contributed by atoms with Gasteiger partial charge >= 0.3 is 5.97 Å². The SMILES string of the molecule is CCN1CCCC(C)(C)c2ccc(Nc3ncc(Cl)c(N[C@H]4[C@@H](C(=O)O)[C@@H]5C=C[C@H]4C5)n3)cc21. The second-order valence-electron chi connectivity index (χ2n) is 10.3. The van der Waals surface area contributed by atoms with Gasteiger partial charge in [-0.3, -0.25) is 4.79 Å². The highest BCUT2D eigenvalue weighted by Crippen LogP contribution is 2.45. The van der Waals surface area contributed by atoms with Gasteiger partial charge < -0.3 is 20.6 Å². The number of hydrogen-bond donors (Lipinski definition) is 3. The van der Waals surface area contributed by atoms with Gasteiger partial charge in [-0.05, 0) is 61.1 Å². The zero-order chi connectivity index (χ0) is 24.0. The quantitative estimate of drug-likeness (QED) is 0.472. The first kappa shape index (κ1) is 23.0. The van der Waals surface area contributed by atoms with E-state index in [9.17, 15) is 9.90 Å². The van der Waals surface area contributed by atoms with Crippen LogP contribution in [0.1, 0.15) is 45.6 Å². The molecule has 1 saturated carbocycles. The van der Waals surface area contributed by atoms with Crippen molar-refractivity contribution in [2.45, 2.75) is 51.5 Å². The molecule has 1 fully saturated rings. The number of carbonyl (C=O) groups is 1. The summed E-state index contributed by atoms with van der Waals surface area (Å²) < 4.78 is 0. The fourth-order valence-electron chi connectivity index (χ4n) is 5.91. The van der Waals surface area contributed by atoms with Gasteiger partial charge in [0.1, 0.15) is 5.02 Å². The van der Waals surface area contributed by atoms with E-state index >= 15 is 0 Å². The van der Waals surface area contributed by atoms with Crippen molar-refractivity contribution in [1.82, 2.24) is 9.97 Å². The number of carboxylic acids is 1. The molecular weight excluding hydrogens is 450 g/mol. The molecule has 5 rings (SSSR count). The first-order chi connectivity index (χ1) is 16.3. The van der Waals surface area contributed by atoms with Crippen LogP contribution in [0.25, 0.3) is 0 Å². The average molecular weight is 482 g/mol. The van der Waals surface area contributed by atoms with Crippen molar-refractivity contribution in [2.24, 2.45) is 17.8 Å². The topological polar surface area (TPSA) is 90.4 Å². The summed E-state index contributed by atoms with van der Waals surface area (Å²) in [5.41, 5.74) is 3.65. The molecule has 2 heterocycles. The molecule has 0 saturated heterocycles. The first-order valence-electron chi connectivity index (χ1n) is 12.1. The zero-order valence-corrected chi connectivity index (χ0v) is 20.6. The molecule has 4 atom stereocenters. The standard InChI is InChI=1S/C26H32ClN5O2/c1-4-32-11-5-10-26(2,3)18-9-8-17(13-20(18)32)29-25-28-14-19(27)23(31-25)30-22-16-7-6-15(12-16)21(22)24(33)34/h6-9,13-16,21-22H,4-5,10-12H2,1-3H3,(H,33,34)(H2,28,29,30,31)/t15-,16+,21+,22-/m1/s1. The summed E-state index contributed by atoms with van der Waals surface area (Å²) in [7, 11) is 0. The molecule has 1 aromatic carbocycles. The van der Waals surface area contributed by atoms with Gasteiger partial charge in [0.25, 0.3) is 0 Å². The average Bonchev–Trinajstić information content (AvgIpc) is 3.37. The lowest BCUT2D eigenvalue weighted by Gasteiger charge is -2.28. The van der Waals surface area contributed by atoms with E-state index < -0.39 is 11.9 Å². The Morgan fingerprint density at radius 2 is 2.09 bits per heavy atom. The largest absolute Gasteiger partial charge is 0.481 e. The third-order valence-electron chi connectivity index (χ3n) is 7.73. The number of rotatable bonds is 6. The van der Waals surface area contributed by atoms with Crippen LogP contribution in [0.2, 0.25) is 5.02 Å². The van der Waals surface area contributed by atoms with Crippen LogP contribution in [0.15, 0.2) is 36.5 Å². The van der Waals surface area contributed by atoms with Crippen LogP contribution in [0, 0.1) is 17.8 Å². The molecule has 180 valence electrons. The Labute approximate surface area is 205 Å². The van der Waals surface area contributed by atoms with Crippen molar-refractivity contribution in [3.05, 3.63) is 47.1 Å². The van der Waals surface area contributed by atoms with E-state index in [-0.39, 0.29) is 23.3 Å². The summed E-state index contributed by atoms with van der Waals surface area (Å²) >= 11 is 6.40. The Morgan fingerprint density at radius 3 is 2.85 bits per heavy atom. The molecular formula is C26H32ClN5O2. The third kappa shape index (κ3) is 4.11. The maximum Gasteiger partial charge on any atom is 0.309 e. The molecule has 2 bridgehead atoms. The normalized spacial score (nSPS) is 26.8. The van der Waals surface area contributed by atoms with E-state index in [0.29, 0.717) is 16.8 Å². The lowest BCUT2D eigenvalue weighted by Crippen LogP contribution is -2.38. The van der Waals surface area contributed by atoms with Gasteiger partial charge in [-0.2, -0.15) is 4.98 Å². The molecule has 0 unspecified atom stereocenters. The van der Waals surface area contributed by atoms with Gasteiger partial charge in [0, 0.05) is 30.5 Å². The van der Waals surface area contributed by atoms with Crippen molar-refractivity contribution >= 4 is 40.7 Å². The van der Waals surface area contributed by atoms with Crippen LogP contribution in [0.4, 0.5) is 23.1 Å². The Morgan fingerprint density at radius 1 is 1.29 bits per heavy atom. The summed E-state index contributed by atoms with van der Waals surface area (Å²) in [5, 5.41) is 16.8. The number of carboxylic acid groups (broad SMARTS) is 1. The minimum Gasteiger partial charge on any atom is -0.481 e. The molecule has 3 N–H and O–H groups in total. The molecule has 34 heavy (non-hydrogen) atoms. The number of allylic oxidation sites excluding steroid dienone is 1. The molecule has 0 radical (unpaired) electrons. The summed E-state index contributed by atoms with van der Waals surface area (Å²) in [6.07, 6.45) is 8.87. The smallest absolute Gasteiger partial charge is 0.309 e. The van der Waals surface area contributed by atoms with Crippen LogP contribution >= 0.6 is 11.6 Å². The van der Waals surface area contributed by atoms with Crippen molar-refractivity contribution in [2.75, 3.05) is 28.6 Å². The predicted octanol–water partition coefficient (Wildman–Crippen LogP) is 5.46. The maximum atomic E-state index is 11.9. The fraction of sp³-hybridized carbons (Fsp3) is 0.500. The number of nitrogens with zero attached hydrogens (tertiary/aromatic N) is 3. The monoisotopic (exact) mass is 481 g/mol. The van der Waals surface area contributed by atoms with E-state index in [4.69, 9.17) is 11.6 Å². The van der Waals surface area contributed by atoms with Crippen molar-refractivity contribution in [3.8, 4) is 0 Å². The minimum absolute atomic E-state index is 0.0588. The van der Waals surface area contributed by atoms with Crippen molar-refractivity contribution in [3.63, 3.8) is 0 Å². The molecule has 0 amide bonds. The number of aromatic nitrogens is 2. The highest BCUT2D eigenvalue weighted by atomic mass is 35.5. The van der Waals surface area contributed by atoms with Crippen molar-refractivity contribution < 1.29 is 9.90 Å². The number of hydrogen-bond acceptors (Lipinski definition) is 6. The first-order valence-corrected chi connectivity index (χ1v) is 12.5. The fourth-order valence-corrected chi connectivity index (χ4v) is 6.06. The molecule has 2 aromatic rings. The Balaban J connectivity index is 1.40. The highest BCUT2D eigenvalue weighted by Gasteiger charge is 2.48. The predicted molar refractivity (Wildman–Crippen MR) is 136 cm³/mol. The second-order valence-corrected chi connectivity index (χ2v) is 10.7. The number of benzene rings is 1.